The predicted octanol–water partition coefficient (Wildman–Crippen LogP) is 5.78. The first-order valence-corrected chi connectivity index (χ1v) is 14.0. The third-order valence-electron chi connectivity index (χ3n) is 6.77. The molecule has 3 aromatic carbocycles. The van der Waals surface area contributed by atoms with Crippen LogP contribution in [0.2, 0.25) is 0 Å². The van der Waals surface area contributed by atoms with Gasteiger partial charge < -0.3 is 30.0 Å². The molecular formula is C32H38N4O5. The number of ether oxygens (including phenoxy) is 4. The Bertz CT molecular complexity index is 1350. The normalized spacial score (nSPS) is 16.4. The SMILES string of the molecule is CCOC(=N)c1ccc(Oc2cc(OCc3cccc(C(=N)OCC)c3)cc(C(=O)NC3CCC(N)CC3)c2)cc1. The molecule has 41 heavy (non-hydrogen) atoms. The Labute approximate surface area is 241 Å². The lowest BCUT2D eigenvalue weighted by atomic mass is 9.91. The Morgan fingerprint density at radius 3 is 2.15 bits per heavy atom. The molecule has 0 aromatic heterocycles. The minimum atomic E-state index is -0.201. The maximum Gasteiger partial charge on any atom is 0.251 e. The Balaban J connectivity index is 1.53. The molecule has 9 heteroatoms. The van der Waals surface area contributed by atoms with Crippen molar-refractivity contribution in [3.63, 3.8) is 0 Å². The third kappa shape index (κ3) is 8.56. The molecule has 216 valence electrons. The van der Waals surface area contributed by atoms with E-state index in [0.29, 0.717) is 47.2 Å². The molecule has 1 aliphatic rings. The number of nitrogens with two attached hydrogens (primary N) is 1. The molecule has 1 fully saturated rings. The van der Waals surface area contributed by atoms with Gasteiger partial charge in [0.1, 0.15) is 23.9 Å². The van der Waals surface area contributed by atoms with Gasteiger partial charge >= 0.3 is 0 Å². The lowest BCUT2D eigenvalue weighted by Crippen LogP contribution is -2.40. The van der Waals surface area contributed by atoms with E-state index in [1.165, 1.54) is 0 Å². The van der Waals surface area contributed by atoms with Crippen molar-refractivity contribution in [3.8, 4) is 17.2 Å². The molecule has 0 bridgehead atoms. The van der Waals surface area contributed by atoms with Crippen LogP contribution in [-0.4, -0.2) is 43.0 Å². The number of amides is 1. The number of carbonyl (C=O) groups excluding carboxylic acids is 1. The van der Waals surface area contributed by atoms with Crippen molar-refractivity contribution in [2.24, 2.45) is 5.73 Å². The second kappa shape index (κ2) is 14.3. The van der Waals surface area contributed by atoms with Gasteiger partial charge in [-0.2, -0.15) is 0 Å². The zero-order chi connectivity index (χ0) is 29.2. The largest absolute Gasteiger partial charge is 0.489 e. The van der Waals surface area contributed by atoms with Crippen LogP contribution in [0, 0.1) is 10.8 Å². The molecule has 1 aliphatic carbocycles. The zero-order valence-corrected chi connectivity index (χ0v) is 23.6. The van der Waals surface area contributed by atoms with Gasteiger partial charge in [-0.1, -0.05) is 12.1 Å². The van der Waals surface area contributed by atoms with Crippen LogP contribution in [-0.2, 0) is 16.1 Å². The summed E-state index contributed by atoms with van der Waals surface area (Å²) in [6.45, 7) is 4.74. The number of hydrogen-bond acceptors (Lipinski definition) is 8. The Kier molecular flexibility index (Phi) is 10.3. The van der Waals surface area contributed by atoms with Gasteiger partial charge in [-0.25, -0.2) is 0 Å². The van der Waals surface area contributed by atoms with Crippen LogP contribution in [0.25, 0.3) is 0 Å². The van der Waals surface area contributed by atoms with Gasteiger partial charge in [0.2, 0.25) is 11.8 Å². The summed E-state index contributed by atoms with van der Waals surface area (Å²) in [6, 6.07) is 19.8. The molecule has 0 saturated heterocycles. The summed E-state index contributed by atoms with van der Waals surface area (Å²) in [5.41, 5.74) is 8.62. The lowest BCUT2D eigenvalue weighted by Gasteiger charge is -2.26. The summed E-state index contributed by atoms with van der Waals surface area (Å²) in [5.74, 6) is 1.46. The molecule has 1 saturated carbocycles. The van der Waals surface area contributed by atoms with Crippen molar-refractivity contribution in [1.82, 2.24) is 5.32 Å². The lowest BCUT2D eigenvalue weighted by molar-refractivity contribution is 0.0925. The molecule has 1 amide bonds. The van der Waals surface area contributed by atoms with E-state index in [-0.39, 0.29) is 36.4 Å². The highest BCUT2D eigenvalue weighted by Crippen LogP contribution is 2.29. The van der Waals surface area contributed by atoms with E-state index in [0.717, 1.165) is 31.2 Å². The number of carbonyl (C=O) groups is 1. The van der Waals surface area contributed by atoms with E-state index < -0.39 is 0 Å². The zero-order valence-electron chi connectivity index (χ0n) is 23.6. The smallest absolute Gasteiger partial charge is 0.251 e. The van der Waals surface area contributed by atoms with E-state index in [1.807, 2.05) is 38.1 Å². The predicted molar refractivity (Wildman–Crippen MR) is 158 cm³/mol. The summed E-state index contributed by atoms with van der Waals surface area (Å²) < 4.78 is 22.8. The number of nitrogens with one attached hydrogen (secondary N) is 3. The molecular weight excluding hydrogens is 520 g/mol. The quantitative estimate of drug-likeness (QED) is 0.174. The monoisotopic (exact) mass is 558 g/mol. The van der Waals surface area contributed by atoms with Crippen LogP contribution in [0.4, 0.5) is 0 Å². The average Bonchev–Trinajstić information content (AvgIpc) is 2.98. The number of hydrogen-bond donors (Lipinski definition) is 4. The van der Waals surface area contributed by atoms with Crippen molar-refractivity contribution >= 4 is 17.7 Å². The number of rotatable bonds is 11. The minimum Gasteiger partial charge on any atom is -0.489 e. The number of benzene rings is 3. The van der Waals surface area contributed by atoms with Gasteiger partial charge in [-0.3, -0.25) is 15.6 Å². The van der Waals surface area contributed by atoms with E-state index in [9.17, 15) is 4.79 Å². The van der Waals surface area contributed by atoms with Gasteiger partial charge in [0.25, 0.3) is 5.91 Å². The molecule has 9 nitrogen and oxygen atoms in total. The fourth-order valence-corrected chi connectivity index (χ4v) is 4.61. The second-order valence-corrected chi connectivity index (χ2v) is 9.92. The summed E-state index contributed by atoms with van der Waals surface area (Å²) in [7, 11) is 0. The first kappa shape index (κ1) is 29.6. The maximum absolute atomic E-state index is 13.3. The first-order valence-electron chi connectivity index (χ1n) is 14.0. The Hall–Kier alpha value is -4.37. The van der Waals surface area contributed by atoms with Gasteiger partial charge in [0, 0.05) is 34.8 Å². The summed E-state index contributed by atoms with van der Waals surface area (Å²) >= 11 is 0. The Morgan fingerprint density at radius 2 is 1.46 bits per heavy atom. The third-order valence-corrected chi connectivity index (χ3v) is 6.77. The fraction of sp³-hybridized carbons (Fsp3) is 0.344. The molecule has 0 aliphatic heterocycles. The Morgan fingerprint density at radius 1 is 0.805 bits per heavy atom. The van der Waals surface area contributed by atoms with Crippen LogP contribution in [0.5, 0.6) is 17.2 Å². The highest BCUT2D eigenvalue weighted by atomic mass is 16.5. The van der Waals surface area contributed by atoms with Gasteiger partial charge in [0.05, 0.1) is 13.2 Å². The maximum atomic E-state index is 13.3. The first-order chi connectivity index (χ1) is 19.8. The van der Waals surface area contributed by atoms with Crippen molar-refractivity contribution < 1.29 is 23.7 Å². The molecule has 5 N–H and O–H groups in total. The molecule has 4 rings (SSSR count). The molecule has 0 spiro atoms. The van der Waals surface area contributed by atoms with Crippen molar-refractivity contribution in [3.05, 3.63) is 89.0 Å². The summed E-state index contributed by atoms with van der Waals surface area (Å²) in [4.78, 5) is 13.3. The van der Waals surface area contributed by atoms with Gasteiger partial charge in [-0.15, -0.1) is 0 Å². The molecule has 0 radical (unpaired) electrons. The van der Waals surface area contributed by atoms with Crippen LogP contribution in [0.1, 0.15) is 66.6 Å². The van der Waals surface area contributed by atoms with Crippen LogP contribution in [0.15, 0.2) is 66.7 Å². The molecule has 0 unspecified atom stereocenters. The van der Waals surface area contributed by atoms with Crippen LogP contribution in [0.3, 0.4) is 0 Å². The van der Waals surface area contributed by atoms with Crippen molar-refractivity contribution in [1.29, 1.82) is 10.8 Å². The molecule has 3 aromatic rings. The standard InChI is InChI=1S/C32H38N4O5/c1-3-38-30(34)22-8-14-27(15-9-22)41-29-18-24(32(37)36-26-12-10-25(33)11-13-26)17-28(19-29)40-20-21-6-5-7-23(16-21)31(35)39-4-2/h5-9,14-19,25-26,34-35H,3-4,10-13,20,33H2,1-2H3,(H,36,37). The summed E-state index contributed by atoms with van der Waals surface area (Å²) in [5, 5.41) is 19.2. The average molecular weight is 559 g/mol. The fourth-order valence-electron chi connectivity index (χ4n) is 4.61. The highest BCUT2D eigenvalue weighted by molar-refractivity contribution is 5.95. The second-order valence-electron chi connectivity index (χ2n) is 9.92. The van der Waals surface area contributed by atoms with Gasteiger partial charge in [0.15, 0.2) is 0 Å². The molecule has 0 atom stereocenters. The van der Waals surface area contributed by atoms with E-state index in [2.05, 4.69) is 5.32 Å². The van der Waals surface area contributed by atoms with Crippen LogP contribution < -0.4 is 20.5 Å². The van der Waals surface area contributed by atoms with Crippen molar-refractivity contribution in [2.75, 3.05) is 13.2 Å². The minimum absolute atomic E-state index is 0.0767. The van der Waals surface area contributed by atoms with Crippen LogP contribution >= 0.6 is 0 Å². The summed E-state index contributed by atoms with van der Waals surface area (Å²) in [6.07, 6.45) is 3.48. The highest BCUT2D eigenvalue weighted by Gasteiger charge is 2.21. The molecule has 0 heterocycles. The topological polar surface area (TPSA) is 140 Å². The van der Waals surface area contributed by atoms with Crippen molar-refractivity contribution in [2.45, 2.75) is 58.2 Å². The van der Waals surface area contributed by atoms with Gasteiger partial charge in [-0.05, 0) is 93.6 Å². The van der Waals surface area contributed by atoms with E-state index >= 15 is 0 Å². The van der Waals surface area contributed by atoms with E-state index in [1.54, 1.807) is 42.5 Å². The van der Waals surface area contributed by atoms with E-state index in [4.69, 9.17) is 35.5 Å².